The second-order valence-electron chi connectivity index (χ2n) is 22.1. The van der Waals surface area contributed by atoms with E-state index in [4.69, 9.17) is 29.1 Å². The van der Waals surface area contributed by atoms with Crippen LogP contribution < -0.4 is 21.8 Å². The molecule has 418 valence electrons. The summed E-state index contributed by atoms with van der Waals surface area (Å²) < 4.78 is 23.9. The highest BCUT2D eigenvalue weighted by Gasteiger charge is 2.61. The van der Waals surface area contributed by atoms with Gasteiger partial charge in [0.2, 0.25) is 0 Å². The molecule has 0 saturated carbocycles. The van der Waals surface area contributed by atoms with E-state index < -0.39 is 29.7 Å². The Morgan fingerprint density at radius 2 is 1.08 bits per heavy atom. The lowest BCUT2D eigenvalue weighted by Gasteiger charge is -2.32. The molecule has 10 rings (SSSR count). The molecule has 2 saturated heterocycles. The molecule has 8 aromatic heterocycles. The second kappa shape index (κ2) is 23.4. The fraction of sp³-hybridized carbons (Fsp3) is 0.481. The Kier molecular flexibility index (Phi) is 17.9. The molecule has 78 heavy (non-hydrogen) atoms. The summed E-state index contributed by atoms with van der Waals surface area (Å²) in [5.41, 5.74) is 9.07. The largest absolute Gasteiger partial charge is 0.609 e. The Morgan fingerprint density at radius 1 is 0.628 bits per heavy atom. The SMILES string of the molecule is CC1(C)OB(N2OC(C)(C)C(C)(C)O2)OC1(C)C.Cc1nn(C(C)C)c2c(NCc3cnn(C)c3)cc(-c3cccn(C)c3=O)nc12.Cc1nn(C(C)C)c2c(NCc3cnn(C)c3)cc(Br)nc12.Cn1cccc(Br)c1=O. The summed E-state index contributed by atoms with van der Waals surface area (Å²) in [6, 6.07) is 11.6. The van der Waals surface area contributed by atoms with Gasteiger partial charge < -0.3 is 29.1 Å². The molecule has 2 aliphatic heterocycles. The Morgan fingerprint density at radius 3 is 1.51 bits per heavy atom. The van der Waals surface area contributed by atoms with Crippen LogP contribution in [0.1, 0.15) is 118 Å². The standard InChI is InChI=1S/C21H25N7O.C15H19BrN6.C12H24BNO4.C6H6BrNO/c1-13(2)28-20-18(22-10-15-11-23-27(5)12-15)9-17(24-19(20)14(3)25-28)16-7-6-8-26(4)21(16)29;1-9(2)22-15-12(17-6-11-7-18-21(4)8-11)5-13(16)19-14(15)10(3)20-22;1-9(2)10(3,4)16-13(15-9)14-17-11(5,6)12(7,8)18-14;1-8-4-2-3-5(7)6(8)9/h6-9,11-13H,10H2,1-5H3,(H,22,24);5,7-9H,6H2,1-4H3,(H,17,19);1-8H3;2-4H,1H3. The van der Waals surface area contributed by atoms with Gasteiger partial charge in [0.1, 0.15) is 37.9 Å². The molecule has 0 amide bonds. The highest BCUT2D eigenvalue weighted by molar-refractivity contribution is 9.10. The van der Waals surface area contributed by atoms with Crippen LogP contribution in [0.5, 0.6) is 0 Å². The highest BCUT2D eigenvalue weighted by Crippen LogP contribution is 2.43. The molecule has 2 aliphatic rings. The molecule has 10 heterocycles. The summed E-state index contributed by atoms with van der Waals surface area (Å²) in [4.78, 5) is 44.5. The van der Waals surface area contributed by atoms with Crippen molar-refractivity contribution in [3.63, 3.8) is 0 Å². The van der Waals surface area contributed by atoms with Crippen molar-refractivity contribution in [1.82, 2.24) is 63.4 Å². The fourth-order valence-electron chi connectivity index (χ4n) is 8.24. The fourth-order valence-corrected chi connectivity index (χ4v) is 9.07. The van der Waals surface area contributed by atoms with E-state index in [1.165, 1.54) is 9.70 Å². The molecule has 0 aromatic carbocycles. The summed E-state index contributed by atoms with van der Waals surface area (Å²) in [5.74, 6) is 0. The van der Waals surface area contributed by atoms with Crippen molar-refractivity contribution in [2.45, 2.75) is 145 Å². The molecular formula is C54H74BBr2N15O6. The molecule has 24 heteroatoms. The number of rotatable bonds is 10. The molecule has 21 nitrogen and oxygen atoms in total. The van der Waals surface area contributed by atoms with E-state index in [-0.39, 0.29) is 23.2 Å². The van der Waals surface area contributed by atoms with E-state index in [9.17, 15) is 9.59 Å². The van der Waals surface area contributed by atoms with Gasteiger partial charge in [-0.05, 0) is 170 Å². The smallest absolute Gasteiger partial charge is 0.386 e. The molecule has 0 radical (unpaired) electrons. The first kappa shape index (κ1) is 59.6. The van der Waals surface area contributed by atoms with Crippen LogP contribution in [0.25, 0.3) is 33.3 Å². The van der Waals surface area contributed by atoms with Gasteiger partial charge >= 0.3 is 7.25 Å². The maximum Gasteiger partial charge on any atom is 0.609 e. The number of hydrogen-bond donors (Lipinski definition) is 2. The Labute approximate surface area is 472 Å². The van der Waals surface area contributed by atoms with Crippen molar-refractivity contribution in [3.05, 3.63) is 126 Å². The summed E-state index contributed by atoms with van der Waals surface area (Å²) in [5, 5.41) is 26.1. The quantitative estimate of drug-likeness (QED) is 0.0966. The topological polar surface area (TPSA) is 205 Å². The molecule has 0 unspecified atom stereocenters. The molecule has 2 fully saturated rings. The summed E-state index contributed by atoms with van der Waals surface area (Å²) in [6.07, 6.45) is 11.1. The molecule has 0 spiro atoms. The van der Waals surface area contributed by atoms with Crippen molar-refractivity contribution in [3.8, 4) is 11.3 Å². The van der Waals surface area contributed by atoms with Crippen LogP contribution in [-0.4, -0.2) is 93.0 Å². The van der Waals surface area contributed by atoms with Gasteiger partial charge in [-0.25, -0.2) is 9.97 Å². The molecule has 2 N–H and O–H groups in total. The average Bonchev–Trinajstić information content (AvgIpc) is 4.32. The van der Waals surface area contributed by atoms with Crippen molar-refractivity contribution in [1.29, 1.82) is 0 Å². The summed E-state index contributed by atoms with van der Waals surface area (Å²) in [7, 11) is 6.63. The van der Waals surface area contributed by atoms with Crippen LogP contribution in [0.15, 0.2) is 92.2 Å². The maximum absolute atomic E-state index is 12.7. The van der Waals surface area contributed by atoms with Crippen LogP contribution in [0, 0.1) is 13.8 Å². The van der Waals surface area contributed by atoms with Crippen molar-refractivity contribution >= 4 is 72.6 Å². The lowest BCUT2D eigenvalue weighted by atomic mass is 9.90. The minimum Gasteiger partial charge on any atom is -0.386 e. The molecule has 0 aliphatic carbocycles. The van der Waals surface area contributed by atoms with E-state index in [1.807, 2.05) is 148 Å². The van der Waals surface area contributed by atoms with Crippen LogP contribution in [-0.2, 0) is 60.3 Å². The Bertz CT molecular complexity index is 3450. The third kappa shape index (κ3) is 13.0. The number of aryl methyl sites for hydroxylation is 6. The van der Waals surface area contributed by atoms with Gasteiger partial charge in [-0.3, -0.25) is 38.0 Å². The first-order valence-corrected chi connectivity index (χ1v) is 27.4. The third-order valence-electron chi connectivity index (χ3n) is 14.0. The predicted molar refractivity (Wildman–Crippen MR) is 312 cm³/mol. The number of fused-ring (bicyclic) bond motifs is 2. The minimum atomic E-state index is -0.643. The number of nitrogens with one attached hydrogen (secondary N) is 2. The van der Waals surface area contributed by atoms with Gasteiger partial charge in [0.15, 0.2) is 0 Å². The number of halogens is 2. The first-order valence-electron chi connectivity index (χ1n) is 25.8. The lowest BCUT2D eigenvalue weighted by molar-refractivity contribution is -0.281. The van der Waals surface area contributed by atoms with Crippen LogP contribution in [0.2, 0.25) is 0 Å². The van der Waals surface area contributed by atoms with E-state index >= 15 is 0 Å². The van der Waals surface area contributed by atoms with Gasteiger partial charge in [-0.1, -0.05) is 0 Å². The number of nitrogens with zero attached hydrogens (tertiary/aromatic N) is 13. The number of anilines is 2. The summed E-state index contributed by atoms with van der Waals surface area (Å²) in [6.45, 7) is 29.6. The van der Waals surface area contributed by atoms with E-state index in [1.54, 1.807) is 46.5 Å². The van der Waals surface area contributed by atoms with Crippen molar-refractivity contribution in [2.75, 3.05) is 10.6 Å². The lowest BCUT2D eigenvalue weighted by Crippen LogP contribution is -2.41. The van der Waals surface area contributed by atoms with Crippen LogP contribution >= 0.6 is 31.9 Å². The third-order valence-corrected chi connectivity index (χ3v) is 15.1. The Balaban J connectivity index is 0.000000161. The van der Waals surface area contributed by atoms with Crippen LogP contribution in [0.3, 0.4) is 0 Å². The number of pyridine rings is 4. The molecule has 0 bridgehead atoms. The number of hydrogen-bond acceptors (Lipinski definition) is 15. The average molecular weight is 1200 g/mol. The first-order chi connectivity index (χ1) is 36.4. The van der Waals surface area contributed by atoms with E-state index in [0.717, 1.165) is 60.6 Å². The zero-order valence-corrected chi connectivity index (χ0v) is 51.3. The predicted octanol–water partition coefficient (Wildman–Crippen LogP) is 9.92. The second-order valence-corrected chi connectivity index (χ2v) is 23.8. The molecule has 0 atom stereocenters. The van der Waals surface area contributed by atoms with Crippen molar-refractivity contribution < 1.29 is 19.0 Å². The summed E-state index contributed by atoms with van der Waals surface area (Å²) >= 11 is 6.60. The zero-order chi connectivity index (χ0) is 57.4. The maximum atomic E-state index is 12.7. The molecule has 8 aromatic rings. The van der Waals surface area contributed by atoms with Crippen LogP contribution in [0.4, 0.5) is 11.4 Å². The minimum absolute atomic E-state index is 0.00231. The molecular weight excluding hydrogens is 1130 g/mol. The Hall–Kier alpha value is -6.02. The van der Waals surface area contributed by atoms with Gasteiger partial charge in [0, 0.05) is 89.3 Å². The normalized spacial score (nSPS) is 16.3. The zero-order valence-electron chi connectivity index (χ0n) is 48.1. The van der Waals surface area contributed by atoms with Gasteiger partial charge in [0.25, 0.3) is 11.1 Å². The van der Waals surface area contributed by atoms with Crippen molar-refractivity contribution in [2.24, 2.45) is 28.2 Å². The monoisotopic (exact) mass is 1200 g/mol. The van der Waals surface area contributed by atoms with E-state index in [0.29, 0.717) is 28.8 Å². The number of aromatic nitrogens is 12. The van der Waals surface area contributed by atoms with Gasteiger partial charge in [0.05, 0.1) is 62.1 Å². The van der Waals surface area contributed by atoms with E-state index in [2.05, 4.69) is 90.5 Å². The highest BCUT2D eigenvalue weighted by atomic mass is 79.9. The van der Waals surface area contributed by atoms with Gasteiger partial charge in [-0.15, -0.1) is 0 Å². The van der Waals surface area contributed by atoms with Gasteiger partial charge in [-0.2, -0.15) is 20.4 Å².